The van der Waals surface area contributed by atoms with Crippen molar-refractivity contribution in [3.8, 4) is 0 Å². The van der Waals surface area contributed by atoms with Gasteiger partial charge in [0.1, 0.15) is 0 Å². The molecule has 1 aromatic carbocycles. The predicted octanol–water partition coefficient (Wildman–Crippen LogP) is 3.41. The fourth-order valence-electron chi connectivity index (χ4n) is 2.29. The molecule has 2 rings (SSSR count). The molecule has 0 aromatic heterocycles. The summed E-state index contributed by atoms with van der Waals surface area (Å²) in [6.45, 7) is 4.84. The number of halogens is 1. The van der Waals surface area contributed by atoms with Crippen LogP contribution in [0.15, 0.2) is 22.7 Å². The van der Waals surface area contributed by atoms with Crippen molar-refractivity contribution in [2.45, 2.75) is 26.7 Å². The Bertz CT molecular complexity index is 495. The van der Waals surface area contributed by atoms with E-state index < -0.39 is 11.7 Å². The first-order valence-corrected chi connectivity index (χ1v) is 7.04. The Hall–Kier alpha value is -1.16. The van der Waals surface area contributed by atoms with Gasteiger partial charge in [-0.3, -0.25) is 9.59 Å². The van der Waals surface area contributed by atoms with Crippen LogP contribution >= 0.6 is 15.9 Å². The zero-order chi connectivity index (χ0) is 13.3. The summed E-state index contributed by atoms with van der Waals surface area (Å²) >= 11 is 3.43. The van der Waals surface area contributed by atoms with E-state index in [4.69, 9.17) is 0 Å². The molecule has 0 bridgehead atoms. The second-order valence-corrected chi connectivity index (χ2v) is 5.42. The predicted molar refractivity (Wildman–Crippen MR) is 74.9 cm³/mol. The van der Waals surface area contributed by atoms with E-state index in [2.05, 4.69) is 29.8 Å². The van der Waals surface area contributed by atoms with Gasteiger partial charge < -0.3 is 4.90 Å². The number of para-hydroxylation sites is 1. The zero-order valence-corrected chi connectivity index (χ0v) is 12.2. The van der Waals surface area contributed by atoms with Crippen LogP contribution in [0.25, 0.3) is 0 Å². The molecule has 0 atom stereocenters. The van der Waals surface area contributed by atoms with Crippen molar-refractivity contribution < 1.29 is 9.59 Å². The Morgan fingerprint density at radius 1 is 1.22 bits per heavy atom. The van der Waals surface area contributed by atoms with Crippen molar-refractivity contribution in [3.63, 3.8) is 0 Å². The van der Waals surface area contributed by atoms with E-state index in [1.165, 1.54) is 0 Å². The van der Waals surface area contributed by atoms with Gasteiger partial charge in [0.25, 0.3) is 11.7 Å². The number of Topliss-reactive ketones (excluding diaryl/α,β-unsaturated/α-hetero) is 1. The van der Waals surface area contributed by atoms with Crippen LogP contribution in [-0.4, -0.2) is 18.2 Å². The molecule has 0 spiro atoms. The maximum absolute atomic E-state index is 12.0. The van der Waals surface area contributed by atoms with Gasteiger partial charge in [-0.2, -0.15) is 0 Å². The Kier molecular flexibility index (Phi) is 3.85. The minimum absolute atomic E-state index is 0.391. The summed E-state index contributed by atoms with van der Waals surface area (Å²) in [6.07, 6.45) is 2.02. The number of carbonyl (C=O) groups excluding carboxylic acids is 2. The fraction of sp³-hybridized carbons (Fsp3) is 0.429. The Labute approximate surface area is 115 Å². The first-order valence-electron chi connectivity index (χ1n) is 6.24. The molecule has 18 heavy (non-hydrogen) atoms. The van der Waals surface area contributed by atoms with Crippen LogP contribution in [0, 0.1) is 5.92 Å². The molecule has 0 saturated carbocycles. The average molecular weight is 310 g/mol. The highest BCUT2D eigenvalue weighted by molar-refractivity contribution is 9.10. The maximum atomic E-state index is 12.0. The van der Waals surface area contributed by atoms with Crippen LogP contribution < -0.4 is 4.90 Å². The van der Waals surface area contributed by atoms with Gasteiger partial charge in [0.15, 0.2) is 0 Å². The van der Waals surface area contributed by atoms with Crippen molar-refractivity contribution in [2.75, 3.05) is 11.4 Å². The molecule has 1 amide bonds. The number of anilines is 1. The lowest BCUT2D eigenvalue weighted by molar-refractivity contribution is -0.114. The number of nitrogens with zero attached hydrogens (tertiary/aromatic N) is 1. The highest BCUT2D eigenvalue weighted by Crippen LogP contribution is 2.36. The number of ketones is 1. The second kappa shape index (κ2) is 5.22. The summed E-state index contributed by atoms with van der Waals surface area (Å²) in [5.74, 6) is -0.360. The van der Waals surface area contributed by atoms with Gasteiger partial charge in [-0.25, -0.2) is 0 Å². The topological polar surface area (TPSA) is 37.4 Å². The summed E-state index contributed by atoms with van der Waals surface area (Å²) in [7, 11) is 0. The lowest BCUT2D eigenvalue weighted by atomic mass is 10.0. The van der Waals surface area contributed by atoms with E-state index in [0.717, 1.165) is 23.0 Å². The molecular formula is C14H16BrNO2. The second-order valence-electron chi connectivity index (χ2n) is 4.56. The van der Waals surface area contributed by atoms with Gasteiger partial charge in [-0.15, -0.1) is 0 Å². The van der Waals surface area contributed by atoms with Crippen LogP contribution in [0.3, 0.4) is 0 Å². The molecule has 0 aliphatic carbocycles. The average Bonchev–Trinajstić information content (AvgIpc) is 2.62. The van der Waals surface area contributed by atoms with Crippen LogP contribution in [0.1, 0.15) is 37.0 Å². The number of benzene rings is 1. The monoisotopic (exact) mass is 309 g/mol. The fourth-order valence-corrected chi connectivity index (χ4v) is 2.87. The maximum Gasteiger partial charge on any atom is 0.299 e. The third kappa shape index (κ3) is 2.09. The van der Waals surface area contributed by atoms with E-state index >= 15 is 0 Å². The van der Waals surface area contributed by atoms with E-state index in [1.807, 2.05) is 6.07 Å². The summed E-state index contributed by atoms with van der Waals surface area (Å²) in [6, 6.07) is 5.37. The van der Waals surface area contributed by atoms with Crippen molar-refractivity contribution in [1.29, 1.82) is 0 Å². The summed E-state index contributed by atoms with van der Waals surface area (Å²) in [4.78, 5) is 25.6. The van der Waals surface area contributed by atoms with Crippen molar-refractivity contribution in [2.24, 2.45) is 5.92 Å². The highest BCUT2D eigenvalue weighted by Gasteiger charge is 2.37. The largest absolute Gasteiger partial charge is 0.303 e. The normalized spacial score (nSPS) is 14.6. The SMILES string of the molecule is CCC(CC)CN1C(=O)C(=O)c2cccc(Br)c21. The lowest BCUT2D eigenvalue weighted by Gasteiger charge is -2.22. The van der Waals surface area contributed by atoms with E-state index in [-0.39, 0.29) is 0 Å². The molecule has 3 nitrogen and oxygen atoms in total. The Morgan fingerprint density at radius 3 is 2.50 bits per heavy atom. The molecule has 1 heterocycles. The van der Waals surface area contributed by atoms with Crippen LogP contribution in [0.2, 0.25) is 0 Å². The quantitative estimate of drug-likeness (QED) is 0.799. The Morgan fingerprint density at radius 2 is 1.89 bits per heavy atom. The minimum Gasteiger partial charge on any atom is -0.303 e. The van der Waals surface area contributed by atoms with Crippen LogP contribution in [0.4, 0.5) is 5.69 Å². The molecule has 1 aliphatic rings. The van der Waals surface area contributed by atoms with E-state index in [1.54, 1.807) is 17.0 Å². The van der Waals surface area contributed by atoms with Gasteiger partial charge in [0.2, 0.25) is 0 Å². The number of rotatable bonds is 4. The van der Waals surface area contributed by atoms with Gasteiger partial charge >= 0.3 is 0 Å². The van der Waals surface area contributed by atoms with Gasteiger partial charge in [0.05, 0.1) is 11.3 Å². The van der Waals surface area contributed by atoms with Crippen molar-refractivity contribution in [1.82, 2.24) is 0 Å². The number of hydrogen-bond acceptors (Lipinski definition) is 2. The number of hydrogen-bond donors (Lipinski definition) is 0. The number of fused-ring (bicyclic) bond motifs is 1. The first kappa shape index (κ1) is 13.3. The van der Waals surface area contributed by atoms with Crippen LogP contribution in [-0.2, 0) is 4.79 Å². The molecule has 0 fully saturated rings. The lowest BCUT2D eigenvalue weighted by Crippen LogP contribution is -2.34. The zero-order valence-electron chi connectivity index (χ0n) is 10.6. The van der Waals surface area contributed by atoms with E-state index in [9.17, 15) is 9.59 Å². The number of carbonyl (C=O) groups is 2. The molecule has 1 aliphatic heterocycles. The first-order chi connectivity index (χ1) is 8.60. The molecule has 1 aromatic rings. The van der Waals surface area contributed by atoms with Gasteiger partial charge in [0, 0.05) is 11.0 Å². The number of amides is 1. The third-order valence-electron chi connectivity index (χ3n) is 3.54. The van der Waals surface area contributed by atoms with Crippen molar-refractivity contribution >= 4 is 33.3 Å². The summed E-state index contributed by atoms with van der Waals surface area (Å²) in [5.41, 5.74) is 1.25. The molecule has 0 unspecified atom stereocenters. The smallest absolute Gasteiger partial charge is 0.299 e. The van der Waals surface area contributed by atoms with Gasteiger partial charge in [-0.05, 0) is 34.0 Å². The highest BCUT2D eigenvalue weighted by atomic mass is 79.9. The molecule has 4 heteroatoms. The van der Waals surface area contributed by atoms with Crippen LogP contribution in [0.5, 0.6) is 0 Å². The van der Waals surface area contributed by atoms with E-state index in [0.29, 0.717) is 18.0 Å². The molecule has 0 saturated heterocycles. The summed E-state index contributed by atoms with van der Waals surface area (Å²) < 4.78 is 0.810. The third-order valence-corrected chi connectivity index (χ3v) is 4.18. The molecule has 0 radical (unpaired) electrons. The molecule has 0 N–H and O–H groups in total. The standard InChI is InChI=1S/C14H16BrNO2/c1-3-9(4-2)8-16-12-10(13(17)14(16)18)6-5-7-11(12)15/h5-7,9H,3-4,8H2,1-2H3. The Balaban J connectivity index is 2.39. The minimum atomic E-state index is -0.399. The molecular weight excluding hydrogens is 294 g/mol. The summed E-state index contributed by atoms with van der Waals surface area (Å²) in [5, 5.41) is 0. The molecule has 96 valence electrons. The van der Waals surface area contributed by atoms with Crippen molar-refractivity contribution in [3.05, 3.63) is 28.2 Å². The van der Waals surface area contributed by atoms with Gasteiger partial charge in [-0.1, -0.05) is 32.8 Å².